The maximum Gasteiger partial charge on any atom is 0.257 e. The second-order valence-electron chi connectivity index (χ2n) is 3.25. The molecule has 0 aliphatic rings. The van der Waals surface area contributed by atoms with Crippen molar-refractivity contribution in [2.24, 2.45) is 0 Å². The average Bonchev–Trinajstić information content (AvgIpc) is 2.84. The summed E-state index contributed by atoms with van der Waals surface area (Å²) in [5, 5.41) is 9.05. The molecule has 2 aromatic rings. The van der Waals surface area contributed by atoms with E-state index in [9.17, 15) is 8.78 Å². The highest BCUT2D eigenvalue weighted by Crippen LogP contribution is 2.11. The summed E-state index contributed by atoms with van der Waals surface area (Å²) in [4.78, 5) is 1.18. The molecule has 0 amide bonds. The third-order valence-corrected chi connectivity index (χ3v) is 2.87. The lowest BCUT2D eigenvalue weighted by atomic mass is 10.4. The van der Waals surface area contributed by atoms with E-state index in [1.54, 1.807) is 23.6 Å². The number of nitrogens with zero attached hydrogens (tertiary/aromatic N) is 2. The van der Waals surface area contributed by atoms with Gasteiger partial charge in [-0.2, -0.15) is 5.10 Å². The number of halogens is 2. The Morgan fingerprint density at radius 1 is 1.44 bits per heavy atom. The summed E-state index contributed by atoms with van der Waals surface area (Å²) in [5.74, 6) is 0.619. The summed E-state index contributed by atoms with van der Waals surface area (Å²) < 4.78 is 25.4. The summed E-state index contributed by atoms with van der Waals surface area (Å²) in [7, 11) is 0. The van der Waals surface area contributed by atoms with Gasteiger partial charge in [0.2, 0.25) is 0 Å². The van der Waals surface area contributed by atoms with Gasteiger partial charge >= 0.3 is 0 Å². The fourth-order valence-electron chi connectivity index (χ4n) is 1.29. The lowest BCUT2D eigenvalue weighted by Gasteiger charge is -2.01. The van der Waals surface area contributed by atoms with Gasteiger partial charge in [-0.1, -0.05) is 6.07 Å². The van der Waals surface area contributed by atoms with Crippen molar-refractivity contribution < 1.29 is 8.78 Å². The fourth-order valence-corrected chi connectivity index (χ4v) is 1.93. The van der Waals surface area contributed by atoms with E-state index in [1.807, 2.05) is 17.5 Å². The van der Waals surface area contributed by atoms with Gasteiger partial charge in [-0.05, 0) is 11.4 Å². The summed E-state index contributed by atoms with van der Waals surface area (Å²) in [6.07, 6.45) is -0.826. The molecule has 3 nitrogen and oxygen atoms in total. The quantitative estimate of drug-likeness (QED) is 0.875. The normalized spacial score (nSPS) is 10.9. The molecule has 0 aromatic carbocycles. The zero-order valence-corrected chi connectivity index (χ0v) is 9.25. The number of rotatable bonds is 5. The van der Waals surface area contributed by atoms with Crippen molar-refractivity contribution in [3.8, 4) is 0 Å². The molecular weight excluding hydrogens is 232 g/mol. The average molecular weight is 243 g/mol. The van der Waals surface area contributed by atoms with Crippen molar-refractivity contribution in [3.05, 3.63) is 34.7 Å². The lowest BCUT2D eigenvalue weighted by molar-refractivity contribution is 0.122. The lowest BCUT2D eigenvalue weighted by Crippen LogP contribution is -2.07. The number of aromatic nitrogens is 2. The van der Waals surface area contributed by atoms with E-state index in [0.717, 1.165) is 0 Å². The highest BCUT2D eigenvalue weighted by molar-refractivity contribution is 7.09. The highest BCUT2D eigenvalue weighted by atomic mass is 32.1. The van der Waals surface area contributed by atoms with E-state index in [0.29, 0.717) is 12.4 Å². The Bertz CT molecular complexity index is 425. The Morgan fingerprint density at radius 2 is 2.31 bits per heavy atom. The first kappa shape index (κ1) is 11.1. The van der Waals surface area contributed by atoms with Gasteiger partial charge < -0.3 is 5.32 Å². The zero-order chi connectivity index (χ0) is 11.4. The zero-order valence-electron chi connectivity index (χ0n) is 8.44. The number of anilines is 1. The Labute approximate surface area is 95.7 Å². The molecule has 2 heterocycles. The van der Waals surface area contributed by atoms with E-state index in [1.165, 1.54) is 9.56 Å². The largest absolute Gasteiger partial charge is 0.364 e. The van der Waals surface area contributed by atoms with Crippen LogP contribution in [0.3, 0.4) is 0 Å². The molecule has 16 heavy (non-hydrogen) atoms. The Morgan fingerprint density at radius 3 is 3.00 bits per heavy atom. The minimum Gasteiger partial charge on any atom is -0.364 e. The minimum absolute atomic E-state index is 0.360. The first-order chi connectivity index (χ1) is 7.74. The van der Waals surface area contributed by atoms with Crippen molar-refractivity contribution in [1.29, 1.82) is 0 Å². The van der Waals surface area contributed by atoms with Gasteiger partial charge in [-0.15, -0.1) is 11.3 Å². The van der Waals surface area contributed by atoms with Crippen molar-refractivity contribution in [3.63, 3.8) is 0 Å². The first-order valence-corrected chi connectivity index (χ1v) is 5.70. The second-order valence-corrected chi connectivity index (χ2v) is 4.28. The maximum atomic E-state index is 12.1. The van der Waals surface area contributed by atoms with Gasteiger partial charge in [0.1, 0.15) is 12.4 Å². The van der Waals surface area contributed by atoms with Crippen molar-refractivity contribution in [2.45, 2.75) is 19.5 Å². The van der Waals surface area contributed by atoms with E-state index in [2.05, 4.69) is 10.4 Å². The van der Waals surface area contributed by atoms with Crippen LogP contribution in [0.1, 0.15) is 4.88 Å². The van der Waals surface area contributed by atoms with E-state index in [-0.39, 0.29) is 6.54 Å². The van der Waals surface area contributed by atoms with E-state index < -0.39 is 6.43 Å². The van der Waals surface area contributed by atoms with Crippen LogP contribution in [0.15, 0.2) is 29.8 Å². The molecule has 0 aliphatic heterocycles. The Hall–Kier alpha value is -1.43. The molecule has 0 saturated carbocycles. The fraction of sp³-hybridized carbons (Fsp3) is 0.300. The first-order valence-electron chi connectivity index (χ1n) is 4.82. The SMILES string of the molecule is FC(F)Cn1ccc(NCc2cccs2)n1. The summed E-state index contributed by atoms with van der Waals surface area (Å²) in [6.45, 7) is 0.310. The Kier molecular flexibility index (Phi) is 3.51. The topological polar surface area (TPSA) is 29.9 Å². The van der Waals surface area contributed by atoms with Crippen LogP contribution in [0.2, 0.25) is 0 Å². The molecular formula is C10H11F2N3S. The number of hydrogen-bond donors (Lipinski definition) is 1. The van der Waals surface area contributed by atoms with Crippen LogP contribution in [-0.4, -0.2) is 16.2 Å². The molecule has 1 N–H and O–H groups in total. The van der Waals surface area contributed by atoms with E-state index in [4.69, 9.17) is 0 Å². The third-order valence-electron chi connectivity index (χ3n) is 1.99. The second kappa shape index (κ2) is 5.07. The Balaban J connectivity index is 1.88. The minimum atomic E-state index is -2.37. The van der Waals surface area contributed by atoms with Crippen LogP contribution in [-0.2, 0) is 13.1 Å². The molecule has 0 fully saturated rings. The molecule has 0 unspecified atom stereocenters. The standard InChI is InChI=1S/C10H11F2N3S/c11-9(12)7-15-4-3-10(14-15)13-6-8-2-1-5-16-8/h1-5,9H,6-7H2,(H,13,14). The third kappa shape index (κ3) is 3.03. The molecule has 0 bridgehead atoms. The van der Waals surface area contributed by atoms with Crippen molar-refractivity contribution in [1.82, 2.24) is 9.78 Å². The molecule has 2 rings (SSSR count). The molecule has 0 atom stereocenters. The van der Waals surface area contributed by atoms with Crippen LogP contribution < -0.4 is 5.32 Å². The van der Waals surface area contributed by atoms with Crippen molar-refractivity contribution in [2.75, 3.05) is 5.32 Å². The predicted octanol–water partition coefficient (Wildman–Crippen LogP) is 2.82. The number of thiophene rings is 1. The monoisotopic (exact) mass is 243 g/mol. The summed E-state index contributed by atoms with van der Waals surface area (Å²) in [6, 6.07) is 5.67. The molecule has 0 aliphatic carbocycles. The molecule has 0 spiro atoms. The number of alkyl halides is 2. The van der Waals surface area contributed by atoms with Crippen LogP contribution >= 0.6 is 11.3 Å². The smallest absolute Gasteiger partial charge is 0.257 e. The van der Waals surface area contributed by atoms with Gasteiger partial charge in [-0.25, -0.2) is 8.78 Å². The number of hydrogen-bond acceptors (Lipinski definition) is 3. The van der Waals surface area contributed by atoms with Gasteiger partial charge in [0.15, 0.2) is 0 Å². The van der Waals surface area contributed by atoms with E-state index >= 15 is 0 Å². The maximum absolute atomic E-state index is 12.1. The summed E-state index contributed by atoms with van der Waals surface area (Å²) >= 11 is 1.64. The van der Waals surface area contributed by atoms with Crippen molar-refractivity contribution >= 4 is 17.2 Å². The summed E-state index contributed by atoms with van der Waals surface area (Å²) in [5.41, 5.74) is 0. The van der Waals surface area contributed by atoms with Gasteiger partial charge in [0.05, 0.1) is 6.54 Å². The molecule has 2 aromatic heterocycles. The molecule has 86 valence electrons. The molecule has 0 radical (unpaired) electrons. The molecule has 0 saturated heterocycles. The van der Waals surface area contributed by atoms with Crippen LogP contribution in [0, 0.1) is 0 Å². The highest BCUT2D eigenvalue weighted by Gasteiger charge is 2.05. The van der Waals surface area contributed by atoms with Crippen LogP contribution in [0.25, 0.3) is 0 Å². The van der Waals surface area contributed by atoms with Crippen LogP contribution in [0.5, 0.6) is 0 Å². The number of nitrogens with one attached hydrogen (secondary N) is 1. The van der Waals surface area contributed by atoms with Crippen LogP contribution in [0.4, 0.5) is 14.6 Å². The predicted molar refractivity (Wildman–Crippen MR) is 59.9 cm³/mol. The molecule has 6 heteroatoms. The van der Waals surface area contributed by atoms with Gasteiger partial charge in [-0.3, -0.25) is 4.68 Å². The van der Waals surface area contributed by atoms with Gasteiger partial charge in [0.25, 0.3) is 6.43 Å². The van der Waals surface area contributed by atoms with Gasteiger partial charge in [0, 0.05) is 17.1 Å².